The van der Waals surface area contributed by atoms with E-state index < -0.39 is 28.4 Å². The largest absolute Gasteiger partial charge is 0.435 e. The van der Waals surface area contributed by atoms with Gasteiger partial charge in [-0.1, -0.05) is 0 Å². The average Bonchev–Trinajstić information content (AvgIpc) is 3.03. The predicted molar refractivity (Wildman–Crippen MR) is 93.6 cm³/mol. The molecule has 0 unspecified atom stereocenters. The van der Waals surface area contributed by atoms with Gasteiger partial charge in [0.2, 0.25) is 11.7 Å². The fourth-order valence-corrected chi connectivity index (χ4v) is 3.22. The van der Waals surface area contributed by atoms with Crippen molar-refractivity contribution in [2.24, 2.45) is 13.0 Å². The number of anilines is 1. The van der Waals surface area contributed by atoms with Crippen LogP contribution in [0.2, 0.25) is 0 Å². The third kappa shape index (κ3) is 4.55. The van der Waals surface area contributed by atoms with Gasteiger partial charge in [0, 0.05) is 32.8 Å². The van der Waals surface area contributed by atoms with Gasteiger partial charge in [0.1, 0.15) is 6.33 Å². The molecule has 0 aromatic carbocycles. The first-order valence-electron chi connectivity index (χ1n) is 8.85. The Balaban J connectivity index is 1.89. The van der Waals surface area contributed by atoms with Gasteiger partial charge >= 0.3 is 17.7 Å². The van der Waals surface area contributed by atoms with E-state index in [2.05, 4.69) is 15.1 Å². The Hall–Kier alpha value is -2.96. The maximum Gasteiger partial charge on any atom is 0.435 e. The van der Waals surface area contributed by atoms with E-state index in [1.807, 2.05) is 0 Å². The number of aliphatic hydroxyl groups is 1. The Bertz CT molecular complexity index is 880. The molecule has 13 heteroatoms. The first kappa shape index (κ1) is 20.8. The summed E-state index contributed by atoms with van der Waals surface area (Å²) in [4.78, 5) is 20.4. The molecule has 2 aromatic rings. The molecule has 10 nitrogen and oxygen atoms in total. The second-order valence-electron chi connectivity index (χ2n) is 6.64. The highest BCUT2D eigenvalue weighted by atomic mass is 19.4. The standard InChI is InChI=1S/C16H19F3N6O4/c1-23-12(8-11(22-23)16(17,18)19)29-15-13(25(27)28)14(20-9-21-15)24-5-2-10(3-6-24)4-7-26/h8-10,26H,2-7H2,1H3. The zero-order chi connectivity index (χ0) is 21.2. The number of rotatable bonds is 6. The van der Waals surface area contributed by atoms with Crippen LogP contribution in [0.4, 0.5) is 24.7 Å². The van der Waals surface area contributed by atoms with E-state index in [4.69, 9.17) is 9.84 Å². The van der Waals surface area contributed by atoms with Gasteiger partial charge in [0.05, 0.1) is 4.92 Å². The lowest BCUT2D eigenvalue weighted by Gasteiger charge is -2.32. The number of halogens is 3. The van der Waals surface area contributed by atoms with Crippen LogP contribution in [0.25, 0.3) is 0 Å². The summed E-state index contributed by atoms with van der Waals surface area (Å²) >= 11 is 0. The highest BCUT2D eigenvalue weighted by Crippen LogP contribution is 2.38. The molecule has 1 saturated heterocycles. The van der Waals surface area contributed by atoms with Gasteiger partial charge in [-0.2, -0.15) is 23.3 Å². The van der Waals surface area contributed by atoms with Gasteiger partial charge in [-0.05, 0) is 25.2 Å². The molecule has 1 aliphatic rings. The Kier molecular flexibility index (Phi) is 5.86. The minimum atomic E-state index is -4.68. The average molecular weight is 416 g/mol. The van der Waals surface area contributed by atoms with Gasteiger partial charge in [0.25, 0.3) is 0 Å². The third-order valence-corrected chi connectivity index (χ3v) is 4.73. The summed E-state index contributed by atoms with van der Waals surface area (Å²) in [6, 6.07) is 0.645. The number of piperidine rings is 1. The van der Waals surface area contributed by atoms with E-state index in [1.165, 1.54) is 7.05 Å². The summed E-state index contributed by atoms with van der Waals surface area (Å²) in [5.41, 5.74) is -1.71. The van der Waals surface area contributed by atoms with Crippen LogP contribution in [0.3, 0.4) is 0 Å². The smallest absolute Gasteiger partial charge is 0.415 e. The molecule has 0 spiro atoms. The van der Waals surface area contributed by atoms with Crippen molar-refractivity contribution in [2.75, 3.05) is 24.6 Å². The Morgan fingerprint density at radius 3 is 2.59 bits per heavy atom. The number of hydrogen-bond donors (Lipinski definition) is 1. The van der Waals surface area contributed by atoms with E-state index >= 15 is 0 Å². The van der Waals surface area contributed by atoms with Crippen molar-refractivity contribution >= 4 is 11.5 Å². The van der Waals surface area contributed by atoms with Gasteiger partial charge < -0.3 is 14.7 Å². The molecule has 158 valence electrons. The molecule has 2 aromatic heterocycles. The summed E-state index contributed by atoms with van der Waals surface area (Å²) in [7, 11) is 1.23. The van der Waals surface area contributed by atoms with E-state index in [-0.39, 0.29) is 18.3 Å². The highest BCUT2D eigenvalue weighted by Gasteiger charge is 2.36. The lowest BCUT2D eigenvalue weighted by Crippen LogP contribution is -2.35. The van der Waals surface area contributed by atoms with E-state index in [9.17, 15) is 23.3 Å². The molecule has 0 radical (unpaired) electrons. The van der Waals surface area contributed by atoms with Gasteiger partial charge in [-0.3, -0.25) is 10.1 Å². The lowest BCUT2D eigenvalue weighted by atomic mass is 9.94. The minimum absolute atomic E-state index is 0.0423. The number of aryl methyl sites for hydroxylation is 1. The van der Waals surface area contributed by atoms with Crippen molar-refractivity contribution in [3.05, 3.63) is 28.2 Å². The fourth-order valence-electron chi connectivity index (χ4n) is 3.22. The number of nitrogens with zero attached hydrogens (tertiary/aromatic N) is 6. The first-order chi connectivity index (χ1) is 13.7. The molecule has 3 heterocycles. The molecule has 1 N–H and O–H groups in total. The number of nitro groups is 1. The van der Waals surface area contributed by atoms with Crippen LogP contribution in [0, 0.1) is 16.0 Å². The fraction of sp³-hybridized carbons (Fsp3) is 0.562. The number of aromatic nitrogens is 4. The predicted octanol–water partition coefficient (Wildman–Crippen LogP) is 2.53. The summed E-state index contributed by atoms with van der Waals surface area (Å²) in [6.07, 6.45) is -1.49. The van der Waals surface area contributed by atoms with Crippen molar-refractivity contribution in [2.45, 2.75) is 25.4 Å². The number of aliphatic hydroxyl groups excluding tert-OH is 1. The molecular formula is C16H19F3N6O4. The Labute approximate surface area is 163 Å². The van der Waals surface area contributed by atoms with Crippen molar-refractivity contribution in [1.82, 2.24) is 19.7 Å². The number of ether oxygens (including phenoxy) is 1. The molecule has 0 atom stereocenters. The van der Waals surface area contributed by atoms with Crippen molar-refractivity contribution in [1.29, 1.82) is 0 Å². The zero-order valence-corrected chi connectivity index (χ0v) is 15.5. The third-order valence-electron chi connectivity index (χ3n) is 4.73. The summed E-state index contributed by atoms with van der Waals surface area (Å²) in [5, 5.41) is 24.0. The lowest BCUT2D eigenvalue weighted by molar-refractivity contribution is -0.385. The first-order valence-corrected chi connectivity index (χ1v) is 8.85. The number of alkyl halides is 3. The second kappa shape index (κ2) is 8.19. The highest BCUT2D eigenvalue weighted by molar-refractivity contribution is 5.63. The van der Waals surface area contributed by atoms with Gasteiger partial charge in [-0.25, -0.2) is 9.67 Å². The van der Waals surface area contributed by atoms with Crippen LogP contribution in [0.15, 0.2) is 12.4 Å². The maximum absolute atomic E-state index is 12.8. The molecule has 0 bridgehead atoms. The molecular weight excluding hydrogens is 397 g/mol. The molecule has 0 saturated carbocycles. The number of hydrogen-bond acceptors (Lipinski definition) is 8. The van der Waals surface area contributed by atoms with Crippen LogP contribution in [0.1, 0.15) is 25.0 Å². The Morgan fingerprint density at radius 2 is 2.03 bits per heavy atom. The normalized spacial score (nSPS) is 15.6. The molecule has 0 aliphatic carbocycles. The van der Waals surface area contributed by atoms with Gasteiger partial charge in [-0.15, -0.1) is 0 Å². The molecule has 0 amide bonds. The second-order valence-corrected chi connectivity index (χ2v) is 6.64. The quantitative estimate of drug-likeness (QED) is 0.564. The molecule has 3 rings (SSSR count). The monoisotopic (exact) mass is 416 g/mol. The minimum Gasteiger partial charge on any atom is -0.415 e. The summed E-state index contributed by atoms with van der Waals surface area (Å²) < 4.78 is 44.6. The van der Waals surface area contributed by atoms with Crippen LogP contribution in [0.5, 0.6) is 11.8 Å². The van der Waals surface area contributed by atoms with Crippen LogP contribution < -0.4 is 9.64 Å². The molecule has 29 heavy (non-hydrogen) atoms. The van der Waals surface area contributed by atoms with Crippen LogP contribution >= 0.6 is 0 Å². The summed E-state index contributed by atoms with van der Waals surface area (Å²) in [6.45, 7) is 1.07. The van der Waals surface area contributed by atoms with E-state index in [0.717, 1.165) is 23.9 Å². The van der Waals surface area contributed by atoms with Crippen molar-refractivity contribution < 1.29 is 27.9 Å². The SMILES string of the molecule is Cn1nc(C(F)(F)F)cc1Oc1ncnc(N2CCC(CCO)CC2)c1[N+](=O)[O-]. The van der Waals surface area contributed by atoms with Crippen LogP contribution in [-0.2, 0) is 13.2 Å². The maximum atomic E-state index is 12.8. The van der Waals surface area contributed by atoms with Crippen molar-refractivity contribution in [3.63, 3.8) is 0 Å². The van der Waals surface area contributed by atoms with Gasteiger partial charge in [0.15, 0.2) is 5.69 Å². The Morgan fingerprint density at radius 1 is 1.34 bits per heavy atom. The van der Waals surface area contributed by atoms with E-state index in [0.29, 0.717) is 31.5 Å². The molecule has 1 fully saturated rings. The van der Waals surface area contributed by atoms with E-state index in [1.54, 1.807) is 4.90 Å². The summed E-state index contributed by atoms with van der Waals surface area (Å²) in [5.74, 6) is -0.440. The van der Waals surface area contributed by atoms with Crippen molar-refractivity contribution in [3.8, 4) is 11.8 Å². The molecule has 1 aliphatic heterocycles. The zero-order valence-electron chi connectivity index (χ0n) is 15.5. The van der Waals surface area contributed by atoms with Crippen LogP contribution in [-0.4, -0.2) is 49.5 Å². The topological polar surface area (TPSA) is 119 Å².